The van der Waals surface area contributed by atoms with Crippen molar-refractivity contribution in [3.05, 3.63) is 52.0 Å². The molecule has 0 amide bonds. The molecule has 2 N–H and O–H groups in total. The van der Waals surface area contributed by atoms with Gasteiger partial charge >= 0.3 is 0 Å². The summed E-state index contributed by atoms with van der Waals surface area (Å²) < 4.78 is 5.18. The number of aromatic hydroxyl groups is 1. The minimum atomic E-state index is 0.355. The average Bonchev–Trinajstić information content (AvgIpc) is 2.43. The number of aryl methyl sites for hydroxylation is 2. The van der Waals surface area contributed by atoms with Gasteiger partial charge in [0.2, 0.25) is 0 Å². The molecule has 0 fully saturated rings. The van der Waals surface area contributed by atoms with Crippen LogP contribution in [0.25, 0.3) is 0 Å². The summed E-state index contributed by atoms with van der Waals surface area (Å²) >= 11 is 6.15. The highest BCUT2D eigenvalue weighted by atomic mass is 35.5. The van der Waals surface area contributed by atoms with Crippen LogP contribution in [0.2, 0.25) is 5.02 Å². The van der Waals surface area contributed by atoms with E-state index >= 15 is 0 Å². The van der Waals surface area contributed by atoms with Gasteiger partial charge in [0.25, 0.3) is 0 Å². The van der Waals surface area contributed by atoms with Crippen molar-refractivity contribution in [2.45, 2.75) is 20.4 Å². The second-order valence-electron chi connectivity index (χ2n) is 4.78. The van der Waals surface area contributed by atoms with Crippen molar-refractivity contribution < 1.29 is 9.84 Å². The van der Waals surface area contributed by atoms with Gasteiger partial charge < -0.3 is 15.2 Å². The fourth-order valence-electron chi connectivity index (χ4n) is 2.11. The average molecular weight is 292 g/mol. The Morgan fingerprint density at radius 2 is 1.80 bits per heavy atom. The zero-order chi connectivity index (χ0) is 14.7. The Bertz CT molecular complexity index is 603. The van der Waals surface area contributed by atoms with E-state index in [1.807, 2.05) is 38.1 Å². The second kappa shape index (κ2) is 6.06. The van der Waals surface area contributed by atoms with Crippen LogP contribution in [0.4, 0.5) is 5.69 Å². The van der Waals surface area contributed by atoms with Crippen molar-refractivity contribution in [2.24, 2.45) is 0 Å². The smallest absolute Gasteiger partial charge is 0.121 e. The zero-order valence-corrected chi connectivity index (χ0v) is 12.6. The molecule has 0 spiro atoms. The summed E-state index contributed by atoms with van der Waals surface area (Å²) in [5, 5.41) is 13.7. The number of anilines is 1. The molecule has 0 atom stereocenters. The van der Waals surface area contributed by atoms with Crippen LogP contribution >= 0.6 is 11.6 Å². The van der Waals surface area contributed by atoms with Crippen LogP contribution in [0, 0.1) is 13.8 Å². The Kier molecular flexibility index (Phi) is 4.40. The standard InChI is InChI=1S/C16H18ClNO2/c1-10-6-12(7-11(2)16(10)19)9-18-15-8-13(20-3)4-5-14(15)17/h4-8,18-19H,9H2,1-3H3. The number of methoxy groups -OCH3 is 1. The first-order valence-corrected chi connectivity index (χ1v) is 6.75. The Morgan fingerprint density at radius 1 is 1.15 bits per heavy atom. The fourth-order valence-corrected chi connectivity index (χ4v) is 2.30. The van der Waals surface area contributed by atoms with Gasteiger partial charge in [-0.05, 0) is 42.7 Å². The number of hydrogen-bond acceptors (Lipinski definition) is 3. The number of hydrogen-bond donors (Lipinski definition) is 2. The van der Waals surface area contributed by atoms with E-state index in [9.17, 15) is 5.11 Å². The second-order valence-corrected chi connectivity index (χ2v) is 5.18. The van der Waals surface area contributed by atoms with E-state index in [0.717, 1.165) is 28.1 Å². The van der Waals surface area contributed by atoms with Crippen molar-refractivity contribution in [3.8, 4) is 11.5 Å². The lowest BCUT2D eigenvalue weighted by atomic mass is 10.1. The van der Waals surface area contributed by atoms with Crippen molar-refractivity contribution >= 4 is 17.3 Å². The molecule has 0 saturated carbocycles. The highest BCUT2D eigenvalue weighted by Crippen LogP contribution is 2.28. The van der Waals surface area contributed by atoms with E-state index in [-0.39, 0.29) is 0 Å². The number of benzene rings is 2. The van der Waals surface area contributed by atoms with Crippen molar-refractivity contribution in [2.75, 3.05) is 12.4 Å². The van der Waals surface area contributed by atoms with Gasteiger partial charge in [0.1, 0.15) is 11.5 Å². The van der Waals surface area contributed by atoms with E-state index in [1.165, 1.54) is 0 Å². The predicted molar refractivity (Wildman–Crippen MR) is 82.9 cm³/mol. The number of phenolic OH excluding ortho intramolecular Hbond substituents is 1. The highest BCUT2D eigenvalue weighted by Gasteiger charge is 2.05. The van der Waals surface area contributed by atoms with Crippen molar-refractivity contribution in [1.29, 1.82) is 0 Å². The van der Waals surface area contributed by atoms with Crippen LogP contribution in [0.15, 0.2) is 30.3 Å². The molecule has 4 heteroatoms. The summed E-state index contributed by atoms with van der Waals surface area (Å²) in [6, 6.07) is 9.41. The van der Waals surface area contributed by atoms with E-state index < -0.39 is 0 Å². The summed E-state index contributed by atoms with van der Waals surface area (Å²) in [7, 11) is 1.62. The molecule has 2 aromatic carbocycles. The normalized spacial score (nSPS) is 10.4. The van der Waals surface area contributed by atoms with Crippen LogP contribution in [-0.4, -0.2) is 12.2 Å². The summed E-state index contributed by atoms with van der Waals surface area (Å²) in [5.74, 6) is 1.11. The van der Waals surface area contributed by atoms with E-state index in [2.05, 4.69) is 5.32 Å². The topological polar surface area (TPSA) is 41.5 Å². The molecule has 106 valence electrons. The molecule has 0 bridgehead atoms. The molecule has 0 unspecified atom stereocenters. The van der Waals surface area contributed by atoms with Crippen LogP contribution in [0.5, 0.6) is 11.5 Å². The largest absolute Gasteiger partial charge is 0.507 e. The van der Waals surface area contributed by atoms with Gasteiger partial charge in [-0.1, -0.05) is 23.7 Å². The molecule has 0 aromatic heterocycles. The Hall–Kier alpha value is -1.87. The van der Waals surface area contributed by atoms with Gasteiger partial charge in [-0.15, -0.1) is 0 Å². The molecular weight excluding hydrogens is 274 g/mol. The van der Waals surface area contributed by atoms with E-state index in [1.54, 1.807) is 13.2 Å². The Morgan fingerprint density at radius 3 is 2.40 bits per heavy atom. The quantitative estimate of drug-likeness (QED) is 0.883. The van der Waals surface area contributed by atoms with Gasteiger partial charge in [-0.25, -0.2) is 0 Å². The maximum absolute atomic E-state index is 9.77. The molecule has 3 nitrogen and oxygen atoms in total. The van der Waals surface area contributed by atoms with Gasteiger partial charge in [-0.2, -0.15) is 0 Å². The molecule has 2 aromatic rings. The van der Waals surface area contributed by atoms with Gasteiger partial charge in [0.15, 0.2) is 0 Å². The molecule has 0 saturated heterocycles. The molecule has 0 aliphatic carbocycles. The third-order valence-corrected chi connectivity index (χ3v) is 3.54. The Labute approximate surface area is 124 Å². The molecule has 0 aliphatic rings. The summed E-state index contributed by atoms with van der Waals surface area (Å²) in [5.41, 5.74) is 3.67. The summed E-state index contributed by atoms with van der Waals surface area (Å²) in [6.45, 7) is 4.42. The lowest BCUT2D eigenvalue weighted by Crippen LogP contribution is -2.01. The minimum absolute atomic E-state index is 0.355. The van der Waals surface area contributed by atoms with Crippen LogP contribution in [0.3, 0.4) is 0 Å². The van der Waals surface area contributed by atoms with Crippen LogP contribution in [-0.2, 0) is 6.54 Å². The van der Waals surface area contributed by atoms with Crippen molar-refractivity contribution in [1.82, 2.24) is 0 Å². The first kappa shape index (κ1) is 14.5. The lowest BCUT2D eigenvalue weighted by Gasteiger charge is -2.12. The fraction of sp³-hybridized carbons (Fsp3) is 0.250. The number of nitrogens with one attached hydrogen (secondary N) is 1. The van der Waals surface area contributed by atoms with E-state index in [0.29, 0.717) is 17.3 Å². The molecule has 2 rings (SSSR count). The van der Waals surface area contributed by atoms with Gasteiger partial charge in [-0.3, -0.25) is 0 Å². The maximum atomic E-state index is 9.77. The number of ether oxygens (including phenoxy) is 1. The highest BCUT2D eigenvalue weighted by molar-refractivity contribution is 6.33. The van der Waals surface area contributed by atoms with Crippen molar-refractivity contribution in [3.63, 3.8) is 0 Å². The molecule has 20 heavy (non-hydrogen) atoms. The van der Waals surface area contributed by atoms with E-state index in [4.69, 9.17) is 16.3 Å². The van der Waals surface area contributed by atoms with Crippen LogP contribution in [0.1, 0.15) is 16.7 Å². The number of rotatable bonds is 4. The Balaban J connectivity index is 2.16. The van der Waals surface area contributed by atoms with Crippen LogP contribution < -0.4 is 10.1 Å². The summed E-state index contributed by atoms with van der Waals surface area (Å²) in [6.07, 6.45) is 0. The third kappa shape index (κ3) is 3.17. The third-order valence-electron chi connectivity index (χ3n) is 3.21. The first-order valence-electron chi connectivity index (χ1n) is 6.37. The minimum Gasteiger partial charge on any atom is -0.507 e. The zero-order valence-electron chi connectivity index (χ0n) is 11.8. The lowest BCUT2D eigenvalue weighted by molar-refractivity contribution is 0.415. The molecule has 0 heterocycles. The molecular formula is C16H18ClNO2. The van der Waals surface area contributed by atoms with Gasteiger partial charge in [0.05, 0.1) is 17.8 Å². The monoisotopic (exact) mass is 291 g/mol. The number of halogens is 1. The molecule has 0 radical (unpaired) electrons. The first-order chi connectivity index (χ1) is 9.51. The number of phenols is 1. The predicted octanol–water partition coefficient (Wildman–Crippen LogP) is 4.28. The molecule has 0 aliphatic heterocycles. The maximum Gasteiger partial charge on any atom is 0.121 e. The SMILES string of the molecule is COc1ccc(Cl)c(NCc2cc(C)c(O)c(C)c2)c1. The van der Waals surface area contributed by atoms with Gasteiger partial charge in [0, 0.05) is 12.6 Å². The summed E-state index contributed by atoms with van der Waals surface area (Å²) in [4.78, 5) is 0.